The molecule has 0 spiro atoms. The van der Waals surface area contributed by atoms with Gasteiger partial charge in [-0.15, -0.1) is 0 Å². The van der Waals surface area contributed by atoms with Gasteiger partial charge in [0.1, 0.15) is 0 Å². The fourth-order valence-electron chi connectivity index (χ4n) is 2.01. The monoisotopic (exact) mass is 313 g/mol. The van der Waals surface area contributed by atoms with E-state index in [-0.39, 0.29) is 0 Å². The number of nitrogens with one attached hydrogen (secondary N) is 1. The lowest BCUT2D eigenvalue weighted by atomic mass is 9.96. The van der Waals surface area contributed by atoms with Gasteiger partial charge in [0, 0.05) is 11.1 Å². The second-order valence-electron chi connectivity index (χ2n) is 4.93. The third kappa shape index (κ3) is 5.98. The van der Waals surface area contributed by atoms with Crippen LogP contribution in [0.1, 0.15) is 25.8 Å². The Balaban J connectivity index is 2.49. The Kier molecular flexibility index (Phi) is 7.56. The zero-order valence-corrected chi connectivity index (χ0v) is 13.2. The maximum absolute atomic E-state index is 5.65. The van der Waals surface area contributed by atoms with Crippen molar-refractivity contribution in [3.8, 4) is 0 Å². The second kappa shape index (κ2) is 8.68. The topological polar surface area (TPSA) is 21.3 Å². The van der Waals surface area contributed by atoms with Gasteiger partial charge in [-0.05, 0) is 57.8 Å². The molecule has 0 aromatic heterocycles. The minimum absolute atomic E-state index is 0.323. The largest absolute Gasteiger partial charge is 0.379 e. The van der Waals surface area contributed by atoms with E-state index in [1.165, 1.54) is 10.0 Å². The lowest BCUT2D eigenvalue weighted by molar-refractivity contribution is 0.0684. The molecule has 0 bridgehead atoms. The minimum Gasteiger partial charge on any atom is -0.379 e. The lowest BCUT2D eigenvalue weighted by Gasteiger charge is -2.18. The van der Waals surface area contributed by atoms with Crippen molar-refractivity contribution in [2.45, 2.75) is 32.8 Å². The van der Waals surface area contributed by atoms with Crippen LogP contribution in [0.5, 0.6) is 0 Å². The highest BCUT2D eigenvalue weighted by Crippen LogP contribution is 2.20. The maximum Gasteiger partial charge on any atom is 0.0518 e. The van der Waals surface area contributed by atoms with Gasteiger partial charge in [0.05, 0.1) is 6.10 Å². The maximum atomic E-state index is 5.65. The highest BCUT2D eigenvalue weighted by atomic mass is 79.9. The van der Waals surface area contributed by atoms with Gasteiger partial charge in [0.2, 0.25) is 0 Å². The Morgan fingerprint density at radius 1 is 1.28 bits per heavy atom. The van der Waals surface area contributed by atoms with Crippen LogP contribution in [0.2, 0.25) is 0 Å². The summed E-state index contributed by atoms with van der Waals surface area (Å²) in [7, 11) is 2.01. The number of hydrogen-bond donors (Lipinski definition) is 1. The average Bonchev–Trinajstić information content (AvgIpc) is 2.32. The molecule has 1 aromatic carbocycles. The second-order valence-corrected chi connectivity index (χ2v) is 5.78. The zero-order valence-electron chi connectivity index (χ0n) is 11.6. The third-order valence-electron chi connectivity index (χ3n) is 2.94. The molecule has 1 atom stereocenters. The molecule has 3 heteroatoms. The number of halogens is 1. The first-order valence-corrected chi connectivity index (χ1v) is 7.42. The van der Waals surface area contributed by atoms with E-state index in [9.17, 15) is 0 Å². The molecule has 1 aromatic rings. The first-order chi connectivity index (χ1) is 8.63. The van der Waals surface area contributed by atoms with Crippen LogP contribution in [0, 0.1) is 5.92 Å². The van der Waals surface area contributed by atoms with E-state index in [4.69, 9.17) is 4.74 Å². The van der Waals surface area contributed by atoms with Crippen molar-refractivity contribution in [3.63, 3.8) is 0 Å². The van der Waals surface area contributed by atoms with Crippen LogP contribution in [0.25, 0.3) is 0 Å². The summed E-state index contributed by atoms with van der Waals surface area (Å²) >= 11 is 3.62. The Labute approximate surface area is 119 Å². The standard InChI is InChI=1S/C15H24BrNO/c1-12(2)18-9-8-13(11-17-3)10-14-6-4-5-7-15(14)16/h4-7,12-13,17H,8-11H2,1-3H3. The average molecular weight is 314 g/mol. The van der Waals surface area contributed by atoms with E-state index >= 15 is 0 Å². The number of ether oxygens (including phenoxy) is 1. The van der Waals surface area contributed by atoms with Gasteiger partial charge in [-0.2, -0.15) is 0 Å². The lowest BCUT2D eigenvalue weighted by Crippen LogP contribution is -2.23. The SMILES string of the molecule is CNCC(CCOC(C)C)Cc1ccccc1Br. The van der Waals surface area contributed by atoms with Gasteiger partial charge >= 0.3 is 0 Å². The summed E-state index contributed by atoms with van der Waals surface area (Å²) in [6.45, 7) is 6.04. The molecular formula is C15H24BrNO. The molecule has 1 unspecified atom stereocenters. The van der Waals surface area contributed by atoms with Crippen LogP contribution in [0.3, 0.4) is 0 Å². The molecule has 18 heavy (non-hydrogen) atoms. The van der Waals surface area contributed by atoms with Crippen LogP contribution in [0.4, 0.5) is 0 Å². The Morgan fingerprint density at radius 3 is 2.61 bits per heavy atom. The quantitative estimate of drug-likeness (QED) is 0.791. The van der Waals surface area contributed by atoms with Gasteiger partial charge in [-0.1, -0.05) is 34.1 Å². The van der Waals surface area contributed by atoms with Gasteiger partial charge in [-0.3, -0.25) is 0 Å². The van der Waals surface area contributed by atoms with Crippen molar-refractivity contribution < 1.29 is 4.74 Å². The van der Waals surface area contributed by atoms with E-state index in [0.29, 0.717) is 12.0 Å². The summed E-state index contributed by atoms with van der Waals surface area (Å²) in [5.74, 6) is 0.618. The number of hydrogen-bond acceptors (Lipinski definition) is 2. The van der Waals surface area contributed by atoms with Crippen LogP contribution in [0.15, 0.2) is 28.7 Å². The summed E-state index contributed by atoms with van der Waals surface area (Å²) in [5, 5.41) is 3.27. The summed E-state index contributed by atoms with van der Waals surface area (Å²) in [4.78, 5) is 0. The highest BCUT2D eigenvalue weighted by Gasteiger charge is 2.11. The van der Waals surface area contributed by atoms with E-state index in [1.54, 1.807) is 0 Å². The predicted octanol–water partition coefficient (Wildman–Crippen LogP) is 3.64. The van der Waals surface area contributed by atoms with Crippen LogP contribution in [-0.2, 0) is 11.2 Å². The third-order valence-corrected chi connectivity index (χ3v) is 3.71. The van der Waals surface area contributed by atoms with Crippen molar-refractivity contribution in [3.05, 3.63) is 34.3 Å². The summed E-state index contributed by atoms with van der Waals surface area (Å²) < 4.78 is 6.85. The molecule has 102 valence electrons. The van der Waals surface area contributed by atoms with E-state index < -0.39 is 0 Å². The molecule has 1 rings (SSSR count). The van der Waals surface area contributed by atoms with Crippen LogP contribution < -0.4 is 5.32 Å². The van der Waals surface area contributed by atoms with Gasteiger partial charge in [-0.25, -0.2) is 0 Å². The van der Waals surface area contributed by atoms with Crippen molar-refractivity contribution in [2.24, 2.45) is 5.92 Å². The van der Waals surface area contributed by atoms with E-state index in [0.717, 1.165) is 26.0 Å². The highest BCUT2D eigenvalue weighted by molar-refractivity contribution is 9.10. The first kappa shape index (κ1) is 15.7. The molecule has 0 aliphatic heterocycles. The van der Waals surface area contributed by atoms with Crippen LogP contribution in [-0.4, -0.2) is 26.3 Å². The predicted molar refractivity (Wildman–Crippen MR) is 81.0 cm³/mol. The Morgan fingerprint density at radius 2 is 2.00 bits per heavy atom. The van der Waals surface area contributed by atoms with E-state index in [1.807, 2.05) is 7.05 Å². The van der Waals surface area contributed by atoms with Crippen molar-refractivity contribution in [1.29, 1.82) is 0 Å². The van der Waals surface area contributed by atoms with Crippen LogP contribution >= 0.6 is 15.9 Å². The fourth-order valence-corrected chi connectivity index (χ4v) is 2.46. The molecule has 0 amide bonds. The van der Waals surface area contributed by atoms with Gasteiger partial charge < -0.3 is 10.1 Å². The van der Waals surface area contributed by atoms with E-state index in [2.05, 4.69) is 59.4 Å². The minimum atomic E-state index is 0.323. The van der Waals surface area contributed by atoms with Gasteiger partial charge in [0.15, 0.2) is 0 Å². The summed E-state index contributed by atoms with van der Waals surface area (Å²) in [6, 6.07) is 8.45. The summed E-state index contributed by atoms with van der Waals surface area (Å²) in [5.41, 5.74) is 1.38. The van der Waals surface area contributed by atoms with Gasteiger partial charge in [0.25, 0.3) is 0 Å². The molecule has 0 heterocycles. The molecule has 0 fully saturated rings. The van der Waals surface area contributed by atoms with Crippen molar-refractivity contribution in [1.82, 2.24) is 5.32 Å². The number of benzene rings is 1. The molecular weight excluding hydrogens is 290 g/mol. The molecule has 0 saturated heterocycles. The Hall–Kier alpha value is -0.380. The smallest absolute Gasteiger partial charge is 0.0518 e. The zero-order chi connectivity index (χ0) is 13.4. The normalized spacial score (nSPS) is 12.9. The van der Waals surface area contributed by atoms with Crippen molar-refractivity contribution >= 4 is 15.9 Å². The molecule has 1 N–H and O–H groups in total. The number of rotatable bonds is 8. The molecule has 0 saturated carbocycles. The fraction of sp³-hybridized carbons (Fsp3) is 0.600. The first-order valence-electron chi connectivity index (χ1n) is 6.63. The molecule has 2 nitrogen and oxygen atoms in total. The Bertz CT molecular complexity index is 341. The summed E-state index contributed by atoms with van der Waals surface area (Å²) in [6.07, 6.45) is 2.51. The molecule has 0 aliphatic rings. The van der Waals surface area contributed by atoms with Crippen molar-refractivity contribution in [2.75, 3.05) is 20.2 Å². The molecule has 0 radical (unpaired) electrons. The molecule has 0 aliphatic carbocycles.